The molecule has 1 N–H and O–H groups in total. The van der Waals surface area contributed by atoms with E-state index in [0.29, 0.717) is 0 Å². The van der Waals surface area contributed by atoms with E-state index in [1.807, 2.05) is 41.5 Å². The van der Waals surface area contributed by atoms with E-state index in [2.05, 4.69) is 103 Å². The van der Waals surface area contributed by atoms with Crippen molar-refractivity contribution in [2.24, 2.45) is 10.8 Å². The molecule has 4 nitrogen and oxygen atoms in total. The van der Waals surface area contributed by atoms with Crippen LogP contribution in [0.2, 0.25) is 17.3 Å². The van der Waals surface area contributed by atoms with Crippen molar-refractivity contribution in [2.75, 3.05) is 0 Å². The number of aromatic nitrogens is 2. The topological polar surface area (TPSA) is 63.1 Å². The standard InChI is InChI=1S/C27H27GeN2S.C15H28O2.Ir/c1-27(2,3)22-14-18(13-17-9-7-8-10-20(17)22)24-26-25(30-16-29-24)21-12-11-19(28(4,5)6)15-23(21)31-26;1-7-14(5,8-2)12(16)11-13(17)15(6,9-3)10-4;/h7-12,14-16H,1-6H3;11,16H,7-10H2,1-6H3;/q-1;;/b;12-11-;/i16D;;. The van der Waals surface area contributed by atoms with E-state index in [-0.39, 0.29) is 54.2 Å². The van der Waals surface area contributed by atoms with E-state index in [1.165, 1.54) is 26.1 Å². The van der Waals surface area contributed by atoms with Crippen molar-refractivity contribution in [1.82, 2.24) is 9.97 Å². The molecule has 7 heteroatoms. The summed E-state index contributed by atoms with van der Waals surface area (Å²) in [6, 6.07) is 21.0. The number of fused-ring (bicyclic) bond motifs is 4. The first-order chi connectivity index (χ1) is 22.8. The van der Waals surface area contributed by atoms with Gasteiger partial charge in [0.05, 0.1) is 0 Å². The van der Waals surface area contributed by atoms with Gasteiger partial charge in [0.2, 0.25) is 0 Å². The molecule has 0 aliphatic carbocycles. The van der Waals surface area contributed by atoms with Gasteiger partial charge in [0.25, 0.3) is 0 Å². The molecule has 5 aromatic rings. The summed E-state index contributed by atoms with van der Waals surface area (Å²) in [7, 11) is 0. The minimum atomic E-state index is -1.94. The van der Waals surface area contributed by atoms with Crippen LogP contribution in [0, 0.1) is 16.9 Å². The van der Waals surface area contributed by atoms with Crippen LogP contribution in [0.15, 0.2) is 66.7 Å². The molecule has 49 heavy (non-hydrogen) atoms. The fraction of sp³-hybridized carbons (Fsp3) is 0.452. The molecule has 0 saturated carbocycles. The second-order valence-corrected chi connectivity index (χ2v) is 27.4. The molecule has 0 fully saturated rings. The molecule has 1 radical (unpaired) electrons. The van der Waals surface area contributed by atoms with Crippen LogP contribution < -0.4 is 4.40 Å². The summed E-state index contributed by atoms with van der Waals surface area (Å²) < 4.78 is 12.1. The second-order valence-electron chi connectivity index (χ2n) is 15.7. The number of benzene rings is 3. The molecule has 0 bridgehead atoms. The van der Waals surface area contributed by atoms with Crippen LogP contribution in [0.25, 0.3) is 42.3 Å². The van der Waals surface area contributed by atoms with Gasteiger partial charge in [0.1, 0.15) is 5.76 Å². The van der Waals surface area contributed by atoms with Gasteiger partial charge in [-0.3, -0.25) is 4.79 Å². The first-order valence-electron chi connectivity index (χ1n) is 17.9. The molecule has 0 unspecified atom stereocenters. The number of hydrogen-bond acceptors (Lipinski definition) is 5. The van der Waals surface area contributed by atoms with Gasteiger partial charge in [-0.2, -0.15) is 0 Å². The zero-order chi connectivity index (χ0) is 36.5. The Morgan fingerprint density at radius 2 is 1.51 bits per heavy atom. The Bertz CT molecular complexity index is 2010. The van der Waals surface area contributed by atoms with Crippen molar-refractivity contribution in [1.29, 1.82) is 0 Å². The van der Waals surface area contributed by atoms with E-state index in [9.17, 15) is 9.90 Å². The Labute approximate surface area is 316 Å². The third-order valence-corrected chi connectivity index (χ3v) is 15.9. The maximum atomic E-state index is 12.2. The largest absolute Gasteiger partial charge is 0 e. The minimum Gasteiger partial charge on any atom is 0 e. The Kier molecular flexibility index (Phi) is 12.8. The van der Waals surface area contributed by atoms with Crippen LogP contribution in [0.1, 0.15) is 94.9 Å². The molecular formula is C42H55GeIrN2O2S-. The number of aliphatic hydroxyl groups is 1. The van der Waals surface area contributed by atoms with E-state index in [1.54, 1.807) is 11.3 Å². The fourth-order valence-electron chi connectivity index (χ4n) is 5.84. The van der Waals surface area contributed by atoms with Crippen molar-refractivity contribution in [3.8, 4) is 11.3 Å². The summed E-state index contributed by atoms with van der Waals surface area (Å²) in [4.78, 5) is 21.3. The number of carbonyl (C=O) groups is 1. The molecule has 0 aliphatic rings. The molecule has 0 saturated heterocycles. The van der Waals surface area contributed by atoms with Crippen LogP contribution in [0.3, 0.4) is 0 Å². The molecule has 2 heterocycles. The van der Waals surface area contributed by atoms with Crippen LogP contribution in [-0.2, 0) is 30.3 Å². The van der Waals surface area contributed by atoms with E-state index in [4.69, 9.17) is 1.37 Å². The van der Waals surface area contributed by atoms with Gasteiger partial charge in [0.15, 0.2) is 5.78 Å². The first-order valence-corrected chi connectivity index (χ1v) is 25.6. The smallest absolute Gasteiger partial charge is 0 e. The van der Waals surface area contributed by atoms with Crippen molar-refractivity contribution in [2.45, 2.75) is 111 Å². The van der Waals surface area contributed by atoms with Crippen molar-refractivity contribution in [3.63, 3.8) is 0 Å². The zero-order valence-electron chi connectivity index (χ0n) is 32.5. The van der Waals surface area contributed by atoms with E-state index >= 15 is 0 Å². The molecule has 0 atom stereocenters. The number of ketones is 1. The number of rotatable bonds is 9. The molecule has 5 rings (SSSR count). The number of allylic oxidation sites excluding steroid dienone is 2. The second kappa shape index (κ2) is 15.9. The predicted molar refractivity (Wildman–Crippen MR) is 211 cm³/mol. The molecule has 3 aromatic carbocycles. The van der Waals surface area contributed by atoms with Crippen molar-refractivity contribution in [3.05, 3.63) is 78.3 Å². The van der Waals surface area contributed by atoms with Crippen molar-refractivity contribution >= 4 is 65.9 Å². The van der Waals surface area contributed by atoms with Crippen LogP contribution in [0.4, 0.5) is 0 Å². The molecule has 0 spiro atoms. The average Bonchev–Trinajstić information content (AvgIpc) is 3.43. The van der Waals surface area contributed by atoms with Gasteiger partial charge >= 0.3 is 193 Å². The fourth-order valence-corrected chi connectivity index (χ4v) is 9.68. The zero-order valence-corrected chi connectivity index (χ0v) is 36.8. The molecule has 265 valence electrons. The maximum Gasteiger partial charge on any atom is 0 e. The third kappa shape index (κ3) is 8.75. The van der Waals surface area contributed by atoms with Gasteiger partial charge in [0, 0.05) is 37.0 Å². The van der Waals surface area contributed by atoms with Crippen LogP contribution in [-0.4, -0.2) is 34.1 Å². The summed E-state index contributed by atoms with van der Waals surface area (Å²) in [6.07, 6.45) is 4.81. The Morgan fingerprint density at radius 1 is 0.898 bits per heavy atom. The van der Waals surface area contributed by atoms with Gasteiger partial charge < -0.3 is 5.11 Å². The number of aliphatic hydroxyl groups excluding tert-OH is 1. The number of carbonyl (C=O) groups excluding carboxylic acids is 1. The van der Waals surface area contributed by atoms with Crippen molar-refractivity contribution < 1.29 is 31.4 Å². The van der Waals surface area contributed by atoms with E-state index in [0.717, 1.165) is 57.9 Å². The number of nitrogens with zero attached hydrogens (tertiary/aromatic N) is 2. The van der Waals surface area contributed by atoms with Gasteiger partial charge in [-0.1, -0.05) is 41.5 Å². The summed E-state index contributed by atoms with van der Waals surface area (Å²) in [5.74, 6) is 7.53. The molecule has 0 amide bonds. The average molecular weight is 918 g/mol. The summed E-state index contributed by atoms with van der Waals surface area (Å²) in [5.41, 5.74) is 3.28. The van der Waals surface area contributed by atoms with Gasteiger partial charge in [-0.05, 0) is 25.7 Å². The normalized spacial score (nSPS) is 13.2. The Morgan fingerprint density at radius 3 is 2.08 bits per heavy atom. The molecule has 0 aliphatic heterocycles. The Balaban J connectivity index is 0.000000323. The van der Waals surface area contributed by atoms with Gasteiger partial charge in [-0.15, -0.1) is 0 Å². The summed E-state index contributed by atoms with van der Waals surface area (Å²) in [5, 5.41) is 13.6. The quantitative estimate of drug-likeness (QED) is 0.0692. The summed E-state index contributed by atoms with van der Waals surface area (Å²) >= 11 is -0.201. The summed E-state index contributed by atoms with van der Waals surface area (Å²) in [6.45, 7) is 18.8. The van der Waals surface area contributed by atoms with Gasteiger partial charge in [-0.25, -0.2) is 0 Å². The number of thiophene rings is 1. The monoisotopic (exact) mass is 919 g/mol. The third-order valence-electron chi connectivity index (χ3n) is 10.5. The van der Waals surface area contributed by atoms with E-state index < -0.39 is 13.3 Å². The Hall–Kier alpha value is -2.38. The predicted octanol–water partition coefficient (Wildman–Crippen LogP) is 12.0. The number of hydrogen-bond donors (Lipinski definition) is 1. The minimum absolute atomic E-state index is 0. The van der Waals surface area contributed by atoms with Crippen LogP contribution in [0.5, 0.6) is 0 Å². The first kappa shape index (κ1) is 39.4. The maximum absolute atomic E-state index is 12.2. The van der Waals surface area contributed by atoms with Crippen LogP contribution >= 0.6 is 11.3 Å². The molecule has 2 aromatic heterocycles. The molecular weight excluding hydrogens is 861 g/mol. The SMILES string of the molecule is CCC(C)(CC)C(=O)/C=C(\O)C(C)(CC)CC.[2H]c1nc(-c2[c-]c3ccccc3c(C(C)(C)C)c2)c2sc3c[c]([Ge]([CH3])([CH3])[CH3])ccc3c2n1.[Ir].